The minimum atomic E-state index is -0.696. The van der Waals surface area contributed by atoms with E-state index in [2.05, 4.69) is 10.6 Å². The van der Waals surface area contributed by atoms with Gasteiger partial charge in [0.15, 0.2) is 0 Å². The molecule has 6 heteroatoms. The van der Waals surface area contributed by atoms with Crippen molar-refractivity contribution in [3.63, 3.8) is 0 Å². The molecule has 2 aliphatic heterocycles. The summed E-state index contributed by atoms with van der Waals surface area (Å²) >= 11 is 0. The van der Waals surface area contributed by atoms with Crippen molar-refractivity contribution in [3.8, 4) is 0 Å². The molecule has 1 saturated carbocycles. The van der Waals surface area contributed by atoms with E-state index in [1.807, 2.05) is 30.3 Å². The third-order valence-electron chi connectivity index (χ3n) is 5.44. The monoisotopic (exact) mass is 312 g/mol. The van der Waals surface area contributed by atoms with Gasteiger partial charge in [0.25, 0.3) is 5.91 Å². The van der Waals surface area contributed by atoms with Crippen LogP contribution in [-0.2, 0) is 4.79 Å². The molecule has 2 fully saturated rings. The third kappa shape index (κ3) is 2.04. The molecule has 1 aromatic rings. The number of nitrogens with one attached hydrogen (secondary N) is 2. The molecule has 0 unspecified atom stereocenters. The van der Waals surface area contributed by atoms with E-state index in [1.54, 1.807) is 11.9 Å². The summed E-state index contributed by atoms with van der Waals surface area (Å²) < 4.78 is 0. The number of benzene rings is 1. The highest BCUT2D eigenvalue weighted by molar-refractivity contribution is 6.15. The summed E-state index contributed by atoms with van der Waals surface area (Å²) in [6, 6.07) is 9.66. The van der Waals surface area contributed by atoms with Gasteiger partial charge in [-0.2, -0.15) is 0 Å². The summed E-state index contributed by atoms with van der Waals surface area (Å²) in [5, 5.41) is 5.64. The van der Waals surface area contributed by atoms with Crippen LogP contribution in [0.1, 0.15) is 18.4 Å². The van der Waals surface area contributed by atoms with E-state index in [0.29, 0.717) is 18.3 Å². The predicted octanol–water partition coefficient (Wildman–Crippen LogP) is 0.983. The fourth-order valence-corrected chi connectivity index (χ4v) is 4.27. The van der Waals surface area contributed by atoms with Gasteiger partial charge in [-0.25, -0.2) is 4.79 Å². The molecule has 1 saturated heterocycles. The number of aliphatic imine (C=N–C) groups is 1. The Morgan fingerprint density at radius 2 is 2.13 bits per heavy atom. The second kappa shape index (κ2) is 5.08. The highest BCUT2D eigenvalue weighted by Crippen LogP contribution is 2.49. The van der Waals surface area contributed by atoms with Crippen molar-refractivity contribution in [2.45, 2.75) is 18.4 Å². The van der Waals surface area contributed by atoms with Crippen molar-refractivity contribution in [1.29, 1.82) is 0 Å². The Kier molecular flexibility index (Phi) is 3.14. The number of nitrogens with zero attached hydrogens (tertiary/aromatic N) is 2. The maximum absolute atomic E-state index is 12.7. The van der Waals surface area contributed by atoms with Crippen LogP contribution in [0, 0.1) is 11.8 Å². The van der Waals surface area contributed by atoms with Gasteiger partial charge < -0.3 is 15.5 Å². The first-order valence-electron chi connectivity index (χ1n) is 8.07. The molecule has 1 spiro atoms. The SMILES string of the molecule is CNC(=O)N1C[C@@H]2CC[C@]3(N=C(c4ccccc4)NC3=O)[C@@H]2C1. The van der Waals surface area contributed by atoms with Crippen LogP contribution >= 0.6 is 0 Å². The molecule has 0 bridgehead atoms. The van der Waals surface area contributed by atoms with E-state index in [-0.39, 0.29) is 17.9 Å². The van der Waals surface area contributed by atoms with Crippen LogP contribution in [0.2, 0.25) is 0 Å². The lowest BCUT2D eigenvalue weighted by atomic mass is 9.85. The molecular formula is C17H20N4O2. The Hall–Kier alpha value is -2.37. The predicted molar refractivity (Wildman–Crippen MR) is 86.1 cm³/mol. The summed E-state index contributed by atoms with van der Waals surface area (Å²) in [5.74, 6) is 1.12. The Morgan fingerprint density at radius 3 is 2.87 bits per heavy atom. The second-order valence-corrected chi connectivity index (χ2v) is 6.57. The summed E-state index contributed by atoms with van der Waals surface area (Å²) in [5.41, 5.74) is 0.237. The molecule has 1 aliphatic carbocycles. The molecule has 3 aliphatic rings. The van der Waals surface area contributed by atoms with Crippen molar-refractivity contribution < 1.29 is 9.59 Å². The van der Waals surface area contributed by atoms with Gasteiger partial charge in [-0.3, -0.25) is 9.79 Å². The van der Waals surface area contributed by atoms with Gasteiger partial charge in [0, 0.05) is 31.6 Å². The number of carbonyl (C=O) groups excluding carboxylic acids is 2. The molecule has 2 N–H and O–H groups in total. The number of urea groups is 1. The van der Waals surface area contributed by atoms with Gasteiger partial charge in [-0.1, -0.05) is 30.3 Å². The van der Waals surface area contributed by atoms with Crippen molar-refractivity contribution >= 4 is 17.8 Å². The number of amidine groups is 1. The lowest BCUT2D eigenvalue weighted by Crippen LogP contribution is -2.46. The van der Waals surface area contributed by atoms with Crippen LogP contribution in [0.15, 0.2) is 35.3 Å². The smallest absolute Gasteiger partial charge is 0.317 e. The molecular weight excluding hydrogens is 292 g/mol. The zero-order valence-electron chi connectivity index (χ0n) is 13.1. The lowest BCUT2D eigenvalue weighted by molar-refractivity contribution is -0.124. The van der Waals surface area contributed by atoms with Gasteiger partial charge in [0.05, 0.1) is 0 Å². The van der Waals surface area contributed by atoms with Gasteiger partial charge in [-0.05, 0) is 18.8 Å². The summed E-state index contributed by atoms with van der Waals surface area (Å²) in [6.45, 7) is 1.32. The molecule has 0 radical (unpaired) electrons. The number of hydrogen-bond donors (Lipinski definition) is 2. The average Bonchev–Trinajstić information content (AvgIpc) is 3.24. The number of hydrogen-bond acceptors (Lipinski definition) is 3. The molecule has 6 nitrogen and oxygen atoms in total. The quantitative estimate of drug-likeness (QED) is 0.811. The zero-order chi connectivity index (χ0) is 16.0. The molecule has 3 amide bonds. The topological polar surface area (TPSA) is 73.8 Å². The van der Waals surface area contributed by atoms with Crippen molar-refractivity contribution in [2.75, 3.05) is 20.1 Å². The van der Waals surface area contributed by atoms with E-state index in [9.17, 15) is 9.59 Å². The van der Waals surface area contributed by atoms with Crippen molar-refractivity contribution in [1.82, 2.24) is 15.5 Å². The van der Waals surface area contributed by atoms with Crippen LogP contribution in [0.25, 0.3) is 0 Å². The van der Waals surface area contributed by atoms with Crippen LogP contribution in [0.5, 0.6) is 0 Å². The Bertz CT molecular complexity index is 687. The molecule has 1 aromatic carbocycles. The van der Waals surface area contributed by atoms with Crippen LogP contribution in [0.4, 0.5) is 4.79 Å². The van der Waals surface area contributed by atoms with E-state index < -0.39 is 5.54 Å². The molecule has 2 heterocycles. The molecule has 23 heavy (non-hydrogen) atoms. The van der Waals surface area contributed by atoms with Crippen molar-refractivity contribution in [2.24, 2.45) is 16.8 Å². The fourth-order valence-electron chi connectivity index (χ4n) is 4.27. The molecule has 3 atom stereocenters. The Balaban J connectivity index is 1.65. The summed E-state index contributed by atoms with van der Waals surface area (Å²) in [4.78, 5) is 31.3. The maximum atomic E-state index is 12.7. The van der Waals surface area contributed by atoms with E-state index in [1.165, 1.54) is 0 Å². The maximum Gasteiger partial charge on any atom is 0.317 e. The number of amides is 3. The van der Waals surface area contributed by atoms with Crippen LogP contribution < -0.4 is 10.6 Å². The Labute approximate surface area is 135 Å². The minimum Gasteiger partial charge on any atom is -0.341 e. The first-order valence-corrected chi connectivity index (χ1v) is 8.07. The number of carbonyl (C=O) groups is 2. The van der Waals surface area contributed by atoms with E-state index in [0.717, 1.165) is 24.9 Å². The third-order valence-corrected chi connectivity index (χ3v) is 5.44. The first-order chi connectivity index (χ1) is 11.1. The van der Waals surface area contributed by atoms with Crippen LogP contribution in [-0.4, -0.2) is 48.3 Å². The second-order valence-electron chi connectivity index (χ2n) is 6.57. The zero-order valence-corrected chi connectivity index (χ0v) is 13.1. The lowest BCUT2D eigenvalue weighted by Gasteiger charge is -2.25. The summed E-state index contributed by atoms with van der Waals surface area (Å²) in [7, 11) is 1.64. The van der Waals surface area contributed by atoms with Crippen LogP contribution in [0.3, 0.4) is 0 Å². The molecule has 120 valence electrons. The first kappa shape index (κ1) is 14.2. The summed E-state index contributed by atoms with van der Waals surface area (Å²) in [6.07, 6.45) is 1.71. The number of likely N-dealkylation sites (tertiary alicyclic amines) is 1. The average molecular weight is 312 g/mol. The van der Waals surface area contributed by atoms with Gasteiger partial charge in [-0.15, -0.1) is 0 Å². The standard InChI is InChI=1S/C17H20N4O2/c1-18-16(23)21-9-12-7-8-17(13(12)10-21)15(22)19-14(20-17)11-5-3-2-4-6-11/h2-6,12-13H,7-10H2,1H3,(H,18,23)(H,19,20,22)/t12-,13+,17-/m0/s1. The van der Waals surface area contributed by atoms with Gasteiger partial charge >= 0.3 is 6.03 Å². The highest BCUT2D eigenvalue weighted by Gasteiger charge is 2.59. The number of fused-ring (bicyclic) bond motifs is 2. The van der Waals surface area contributed by atoms with Gasteiger partial charge in [0.2, 0.25) is 0 Å². The fraction of sp³-hybridized carbons (Fsp3) is 0.471. The van der Waals surface area contributed by atoms with Gasteiger partial charge in [0.1, 0.15) is 11.4 Å². The van der Waals surface area contributed by atoms with E-state index in [4.69, 9.17) is 4.99 Å². The number of rotatable bonds is 1. The molecule has 0 aromatic heterocycles. The normalized spacial score (nSPS) is 32.0. The minimum absolute atomic E-state index is 0.0115. The highest BCUT2D eigenvalue weighted by atomic mass is 16.2. The van der Waals surface area contributed by atoms with Crippen molar-refractivity contribution in [3.05, 3.63) is 35.9 Å². The largest absolute Gasteiger partial charge is 0.341 e. The molecule has 4 rings (SSSR count). The van der Waals surface area contributed by atoms with E-state index >= 15 is 0 Å². The Morgan fingerprint density at radius 1 is 1.35 bits per heavy atom.